The summed E-state index contributed by atoms with van der Waals surface area (Å²) < 4.78 is 0. The Morgan fingerprint density at radius 1 is 1.14 bits per heavy atom. The third-order valence-corrected chi connectivity index (χ3v) is 4.75. The zero-order valence-electron chi connectivity index (χ0n) is 16.5. The monoisotopic (exact) mass is 492 g/mol. The fourth-order valence-corrected chi connectivity index (χ4v) is 3.29. The van der Waals surface area contributed by atoms with Crippen LogP contribution in [0.25, 0.3) is 0 Å². The van der Waals surface area contributed by atoms with Crippen molar-refractivity contribution in [2.24, 2.45) is 4.99 Å². The number of benzene rings is 2. The molecule has 1 aliphatic heterocycles. The SMILES string of the molecule is CCNC(=NCC1CC(=O)Nc2ccccc21)NCCc1ccc(C)cc1.I. The second-order valence-electron chi connectivity index (χ2n) is 6.92. The molecule has 28 heavy (non-hydrogen) atoms. The van der Waals surface area contributed by atoms with Gasteiger partial charge in [-0.05, 0) is 37.5 Å². The number of halogens is 1. The van der Waals surface area contributed by atoms with Crippen molar-refractivity contribution < 1.29 is 4.79 Å². The molecule has 1 heterocycles. The number of hydrogen-bond donors (Lipinski definition) is 3. The highest BCUT2D eigenvalue weighted by Gasteiger charge is 2.24. The number of hydrogen-bond acceptors (Lipinski definition) is 2. The topological polar surface area (TPSA) is 65.5 Å². The number of amides is 1. The van der Waals surface area contributed by atoms with Crippen LogP contribution in [0.3, 0.4) is 0 Å². The molecule has 0 spiro atoms. The van der Waals surface area contributed by atoms with Crippen LogP contribution in [0.15, 0.2) is 53.5 Å². The van der Waals surface area contributed by atoms with Crippen LogP contribution in [0.4, 0.5) is 5.69 Å². The van der Waals surface area contributed by atoms with Crippen LogP contribution in [0.5, 0.6) is 0 Å². The van der Waals surface area contributed by atoms with Crippen LogP contribution in [-0.2, 0) is 11.2 Å². The molecular weight excluding hydrogens is 463 g/mol. The Morgan fingerprint density at radius 2 is 1.89 bits per heavy atom. The summed E-state index contributed by atoms with van der Waals surface area (Å²) in [5.41, 5.74) is 4.66. The summed E-state index contributed by atoms with van der Waals surface area (Å²) in [4.78, 5) is 16.7. The fraction of sp³-hybridized carbons (Fsp3) is 0.364. The Labute approximate surface area is 184 Å². The molecule has 0 bridgehead atoms. The van der Waals surface area contributed by atoms with E-state index in [1.54, 1.807) is 0 Å². The first kappa shape index (κ1) is 22.2. The number of nitrogens with zero attached hydrogens (tertiary/aromatic N) is 1. The third-order valence-electron chi connectivity index (χ3n) is 4.75. The van der Waals surface area contributed by atoms with Crippen molar-refractivity contribution >= 4 is 41.5 Å². The molecule has 0 aromatic heterocycles. The van der Waals surface area contributed by atoms with Gasteiger partial charge in [-0.2, -0.15) is 0 Å². The first-order chi connectivity index (χ1) is 13.2. The zero-order valence-corrected chi connectivity index (χ0v) is 18.8. The van der Waals surface area contributed by atoms with Gasteiger partial charge >= 0.3 is 0 Å². The lowest BCUT2D eigenvalue weighted by molar-refractivity contribution is -0.116. The highest BCUT2D eigenvalue weighted by molar-refractivity contribution is 14.0. The molecule has 0 fully saturated rings. The zero-order chi connectivity index (χ0) is 19.1. The van der Waals surface area contributed by atoms with Crippen molar-refractivity contribution in [2.45, 2.75) is 32.6 Å². The summed E-state index contributed by atoms with van der Waals surface area (Å²) >= 11 is 0. The van der Waals surface area contributed by atoms with E-state index in [4.69, 9.17) is 4.99 Å². The summed E-state index contributed by atoms with van der Waals surface area (Å²) in [7, 11) is 0. The van der Waals surface area contributed by atoms with Gasteiger partial charge in [0.1, 0.15) is 0 Å². The van der Waals surface area contributed by atoms with Crippen LogP contribution < -0.4 is 16.0 Å². The van der Waals surface area contributed by atoms with E-state index in [2.05, 4.69) is 60.1 Å². The molecule has 1 unspecified atom stereocenters. The number of para-hydroxylation sites is 1. The second kappa shape index (κ2) is 11.0. The average Bonchev–Trinajstić information content (AvgIpc) is 2.67. The minimum Gasteiger partial charge on any atom is -0.357 e. The van der Waals surface area contributed by atoms with E-state index in [9.17, 15) is 4.79 Å². The first-order valence-electron chi connectivity index (χ1n) is 9.62. The predicted molar refractivity (Wildman–Crippen MR) is 127 cm³/mol. The number of nitrogens with one attached hydrogen (secondary N) is 3. The quantitative estimate of drug-likeness (QED) is 0.326. The largest absolute Gasteiger partial charge is 0.357 e. The van der Waals surface area contributed by atoms with Gasteiger partial charge in [-0.15, -0.1) is 24.0 Å². The average molecular weight is 492 g/mol. The number of aryl methyl sites for hydroxylation is 1. The van der Waals surface area contributed by atoms with Gasteiger partial charge in [0.2, 0.25) is 5.91 Å². The maximum Gasteiger partial charge on any atom is 0.225 e. The molecule has 6 heteroatoms. The number of aliphatic imine (C=N–C) groups is 1. The Morgan fingerprint density at radius 3 is 2.64 bits per heavy atom. The Hall–Kier alpha value is -2.09. The van der Waals surface area contributed by atoms with Crippen LogP contribution in [0.2, 0.25) is 0 Å². The Bertz CT molecular complexity index is 804. The molecule has 1 atom stereocenters. The molecule has 0 saturated carbocycles. The highest BCUT2D eigenvalue weighted by atomic mass is 127. The number of fused-ring (bicyclic) bond motifs is 1. The first-order valence-corrected chi connectivity index (χ1v) is 9.62. The summed E-state index contributed by atoms with van der Waals surface area (Å²) in [6.45, 7) is 6.36. The lowest BCUT2D eigenvalue weighted by Crippen LogP contribution is -2.38. The number of guanidine groups is 1. The predicted octanol–water partition coefficient (Wildman–Crippen LogP) is 3.84. The van der Waals surface area contributed by atoms with Crippen LogP contribution in [0, 0.1) is 6.92 Å². The number of anilines is 1. The van der Waals surface area contributed by atoms with Gasteiger partial charge in [0.25, 0.3) is 0 Å². The summed E-state index contributed by atoms with van der Waals surface area (Å²) in [6.07, 6.45) is 1.42. The van der Waals surface area contributed by atoms with E-state index < -0.39 is 0 Å². The molecule has 3 rings (SSSR count). The molecule has 2 aromatic carbocycles. The van der Waals surface area contributed by atoms with Gasteiger partial charge in [0.05, 0.1) is 6.54 Å². The minimum atomic E-state index is 0. The Kier molecular flexibility index (Phi) is 8.76. The maximum absolute atomic E-state index is 12.0. The number of carbonyl (C=O) groups is 1. The molecule has 1 amide bonds. The molecular formula is C22H29IN4O. The van der Waals surface area contributed by atoms with Gasteiger partial charge in [-0.1, -0.05) is 48.0 Å². The van der Waals surface area contributed by atoms with E-state index in [1.165, 1.54) is 11.1 Å². The fourth-order valence-electron chi connectivity index (χ4n) is 3.29. The van der Waals surface area contributed by atoms with Crippen molar-refractivity contribution in [3.63, 3.8) is 0 Å². The van der Waals surface area contributed by atoms with Gasteiger partial charge in [-0.25, -0.2) is 0 Å². The lowest BCUT2D eigenvalue weighted by atomic mass is 9.91. The Balaban J connectivity index is 0.00000280. The summed E-state index contributed by atoms with van der Waals surface area (Å²) in [5.74, 6) is 0.974. The van der Waals surface area contributed by atoms with Gasteiger partial charge < -0.3 is 16.0 Å². The van der Waals surface area contributed by atoms with Crippen molar-refractivity contribution in [1.82, 2.24) is 10.6 Å². The second-order valence-corrected chi connectivity index (χ2v) is 6.92. The minimum absolute atomic E-state index is 0. The third kappa shape index (κ3) is 6.22. The van der Waals surface area contributed by atoms with E-state index in [1.807, 2.05) is 18.2 Å². The standard InChI is InChI=1S/C22H28N4O.HI/c1-3-23-22(24-13-12-17-10-8-16(2)9-11-17)25-15-18-14-21(27)26-20-7-5-4-6-19(18)20;/h4-11,18H,3,12-15H2,1-2H3,(H,26,27)(H2,23,24,25);1H. The highest BCUT2D eigenvalue weighted by Crippen LogP contribution is 2.31. The number of carbonyl (C=O) groups excluding carboxylic acids is 1. The van der Waals surface area contributed by atoms with Gasteiger partial charge in [0.15, 0.2) is 5.96 Å². The molecule has 0 aliphatic carbocycles. The summed E-state index contributed by atoms with van der Waals surface area (Å²) in [6, 6.07) is 16.6. The van der Waals surface area contributed by atoms with Crippen LogP contribution in [-0.4, -0.2) is 31.5 Å². The van der Waals surface area contributed by atoms with E-state index in [0.717, 1.165) is 36.7 Å². The molecule has 5 nitrogen and oxygen atoms in total. The van der Waals surface area contributed by atoms with Crippen molar-refractivity contribution in [3.8, 4) is 0 Å². The van der Waals surface area contributed by atoms with E-state index in [-0.39, 0.29) is 35.8 Å². The van der Waals surface area contributed by atoms with E-state index in [0.29, 0.717) is 13.0 Å². The smallest absolute Gasteiger partial charge is 0.225 e. The normalized spacial score (nSPS) is 15.9. The molecule has 0 radical (unpaired) electrons. The molecule has 1 aliphatic rings. The van der Waals surface area contributed by atoms with Crippen molar-refractivity contribution in [2.75, 3.05) is 25.0 Å². The lowest BCUT2D eigenvalue weighted by Gasteiger charge is -2.24. The number of rotatable bonds is 6. The van der Waals surface area contributed by atoms with E-state index >= 15 is 0 Å². The summed E-state index contributed by atoms with van der Waals surface area (Å²) in [5, 5.41) is 9.63. The molecule has 3 N–H and O–H groups in total. The molecule has 150 valence electrons. The van der Waals surface area contributed by atoms with Gasteiger partial charge in [-0.3, -0.25) is 9.79 Å². The molecule has 0 saturated heterocycles. The van der Waals surface area contributed by atoms with Crippen LogP contribution >= 0.6 is 24.0 Å². The van der Waals surface area contributed by atoms with Crippen molar-refractivity contribution in [1.29, 1.82) is 0 Å². The van der Waals surface area contributed by atoms with Gasteiger partial charge in [0, 0.05) is 31.1 Å². The molecule has 2 aromatic rings. The van der Waals surface area contributed by atoms with Crippen LogP contribution in [0.1, 0.15) is 36.0 Å². The van der Waals surface area contributed by atoms with Crippen molar-refractivity contribution in [3.05, 3.63) is 65.2 Å². The maximum atomic E-state index is 12.0.